The lowest BCUT2D eigenvalue weighted by Crippen LogP contribution is -2.31. The molecule has 2 rings (SSSR count). The largest absolute Gasteiger partial charge is 0.286 e. The summed E-state index contributed by atoms with van der Waals surface area (Å²) in [6.45, 7) is 2.15. The molecule has 1 aromatic carbocycles. The van der Waals surface area contributed by atoms with Gasteiger partial charge in [-0.1, -0.05) is 49.0 Å². The van der Waals surface area contributed by atoms with Gasteiger partial charge in [0.25, 0.3) is 0 Å². The molecule has 1 atom stereocenters. The van der Waals surface area contributed by atoms with Crippen LogP contribution in [0, 0.1) is 0 Å². The number of rotatable bonds is 2. The van der Waals surface area contributed by atoms with Gasteiger partial charge in [0.1, 0.15) is 11.2 Å². The van der Waals surface area contributed by atoms with Crippen molar-refractivity contribution < 1.29 is 0 Å². The van der Waals surface area contributed by atoms with Gasteiger partial charge < -0.3 is 0 Å². The van der Waals surface area contributed by atoms with E-state index in [1.54, 1.807) is 11.8 Å². The molecule has 0 aromatic heterocycles. The fraction of sp³-hybridized carbons (Fsp3) is 0.364. The molecule has 0 aliphatic carbocycles. The van der Waals surface area contributed by atoms with Crippen molar-refractivity contribution in [2.75, 3.05) is 5.88 Å². The Morgan fingerprint density at radius 2 is 2.21 bits per heavy atom. The fourth-order valence-corrected chi connectivity index (χ4v) is 2.32. The second-order valence-corrected chi connectivity index (χ2v) is 4.18. The summed E-state index contributed by atoms with van der Waals surface area (Å²) in [5, 5.41) is 4.51. The lowest BCUT2D eigenvalue weighted by molar-refractivity contribution is 0.559. The molecule has 0 spiro atoms. The van der Waals surface area contributed by atoms with Crippen LogP contribution in [0.2, 0.25) is 0 Å². The fourth-order valence-electron chi connectivity index (χ4n) is 1.40. The summed E-state index contributed by atoms with van der Waals surface area (Å²) in [4.78, 5) is 4.64. The van der Waals surface area contributed by atoms with Crippen molar-refractivity contribution in [3.8, 4) is 0 Å². The normalized spacial score (nSPS) is 21.8. The Morgan fingerprint density at radius 3 is 2.93 bits per heavy atom. The van der Waals surface area contributed by atoms with Crippen LogP contribution in [0.4, 0.5) is 0 Å². The van der Waals surface area contributed by atoms with Crippen LogP contribution in [0.1, 0.15) is 18.9 Å². The van der Waals surface area contributed by atoms with Crippen LogP contribution in [-0.4, -0.2) is 17.1 Å². The molecule has 1 unspecified atom stereocenters. The number of hydrogen-bond donors (Lipinski definition) is 1. The van der Waals surface area contributed by atoms with Crippen molar-refractivity contribution in [1.82, 2.24) is 5.32 Å². The van der Waals surface area contributed by atoms with Crippen LogP contribution in [0.5, 0.6) is 0 Å². The second-order valence-electron chi connectivity index (χ2n) is 3.22. The summed E-state index contributed by atoms with van der Waals surface area (Å²) in [6, 6.07) is 10.4. The van der Waals surface area contributed by atoms with Gasteiger partial charge in [-0.25, -0.2) is 0 Å². The summed E-state index contributed by atoms with van der Waals surface area (Å²) < 4.78 is 0. The first-order valence-electron chi connectivity index (χ1n) is 4.89. The van der Waals surface area contributed by atoms with Crippen LogP contribution in [0.15, 0.2) is 35.3 Å². The first-order valence-corrected chi connectivity index (χ1v) is 5.88. The maximum atomic E-state index is 4.64. The number of thioether (sulfide) groups is 1. The Balaban J connectivity index is 2.22. The van der Waals surface area contributed by atoms with E-state index < -0.39 is 0 Å². The number of benzene rings is 1. The molecule has 0 bridgehead atoms. The Morgan fingerprint density at radius 1 is 1.43 bits per heavy atom. The van der Waals surface area contributed by atoms with E-state index in [4.69, 9.17) is 0 Å². The van der Waals surface area contributed by atoms with Crippen LogP contribution in [0.25, 0.3) is 0 Å². The Bertz CT molecular complexity index is 321. The third-order valence-corrected chi connectivity index (χ3v) is 3.13. The van der Waals surface area contributed by atoms with E-state index >= 15 is 0 Å². The average molecular weight is 206 g/mol. The van der Waals surface area contributed by atoms with Crippen molar-refractivity contribution in [2.24, 2.45) is 4.99 Å². The molecule has 1 N–H and O–H groups in total. The van der Waals surface area contributed by atoms with Gasteiger partial charge in [-0.2, -0.15) is 0 Å². The minimum Gasteiger partial charge on any atom is -0.286 e. The molecule has 0 saturated carbocycles. The van der Waals surface area contributed by atoms with Crippen molar-refractivity contribution in [3.63, 3.8) is 0 Å². The van der Waals surface area contributed by atoms with Crippen molar-refractivity contribution in [2.45, 2.75) is 19.5 Å². The second kappa shape index (κ2) is 4.62. The molecule has 0 radical (unpaired) electrons. The third kappa shape index (κ3) is 2.16. The topological polar surface area (TPSA) is 24.4 Å². The van der Waals surface area contributed by atoms with Gasteiger partial charge in [0, 0.05) is 11.4 Å². The lowest BCUT2D eigenvalue weighted by Gasteiger charge is -2.20. The predicted octanol–water partition coefficient (Wildman–Crippen LogP) is 2.46. The summed E-state index contributed by atoms with van der Waals surface area (Å²) in [6.07, 6.45) is 1.35. The molecule has 1 aliphatic rings. The van der Waals surface area contributed by atoms with Gasteiger partial charge in [-0.15, -0.1) is 0 Å². The van der Waals surface area contributed by atoms with Crippen molar-refractivity contribution >= 4 is 16.8 Å². The van der Waals surface area contributed by atoms with E-state index in [1.807, 2.05) is 6.07 Å². The standard InChI is InChI=1S/C11H14N2S/c1-2-10-12-8-14-11(13-10)9-6-4-3-5-7-9/h3-7,10,12H,2,8H2,1H3. The quantitative estimate of drug-likeness (QED) is 0.804. The zero-order valence-electron chi connectivity index (χ0n) is 8.23. The molecular formula is C11H14N2S. The molecule has 3 heteroatoms. The van der Waals surface area contributed by atoms with E-state index in [2.05, 4.69) is 41.5 Å². The van der Waals surface area contributed by atoms with Crippen LogP contribution in [-0.2, 0) is 0 Å². The number of nitrogens with zero attached hydrogens (tertiary/aromatic N) is 1. The molecule has 14 heavy (non-hydrogen) atoms. The minimum absolute atomic E-state index is 0.298. The van der Waals surface area contributed by atoms with E-state index in [-0.39, 0.29) is 0 Å². The smallest absolute Gasteiger partial charge is 0.101 e. The Kier molecular flexibility index (Phi) is 3.22. The first kappa shape index (κ1) is 9.74. The Hall–Kier alpha value is -0.800. The predicted molar refractivity (Wildman–Crippen MR) is 62.7 cm³/mol. The minimum atomic E-state index is 0.298. The van der Waals surface area contributed by atoms with E-state index in [0.29, 0.717) is 6.17 Å². The highest BCUT2D eigenvalue weighted by atomic mass is 32.2. The monoisotopic (exact) mass is 206 g/mol. The van der Waals surface area contributed by atoms with Crippen molar-refractivity contribution in [1.29, 1.82) is 0 Å². The molecule has 0 amide bonds. The molecule has 74 valence electrons. The molecule has 1 aromatic rings. The highest BCUT2D eigenvalue weighted by Crippen LogP contribution is 2.18. The van der Waals surface area contributed by atoms with Crippen LogP contribution in [0.3, 0.4) is 0 Å². The molecule has 1 heterocycles. The van der Waals surface area contributed by atoms with Gasteiger partial charge in [-0.05, 0) is 6.42 Å². The van der Waals surface area contributed by atoms with E-state index in [0.717, 1.165) is 17.3 Å². The van der Waals surface area contributed by atoms with Crippen molar-refractivity contribution in [3.05, 3.63) is 35.9 Å². The molecular weight excluding hydrogens is 192 g/mol. The Labute approximate surface area is 88.8 Å². The summed E-state index contributed by atoms with van der Waals surface area (Å²) in [5.41, 5.74) is 1.23. The van der Waals surface area contributed by atoms with Gasteiger partial charge in [0.05, 0.1) is 0 Å². The van der Waals surface area contributed by atoms with E-state index in [1.165, 1.54) is 5.56 Å². The van der Waals surface area contributed by atoms with Gasteiger partial charge >= 0.3 is 0 Å². The first-order chi connectivity index (χ1) is 6.90. The number of aliphatic imine (C=N–C) groups is 1. The van der Waals surface area contributed by atoms with Gasteiger partial charge in [-0.3, -0.25) is 10.3 Å². The number of hydrogen-bond acceptors (Lipinski definition) is 3. The molecule has 0 saturated heterocycles. The maximum absolute atomic E-state index is 4.64. The lowest BCUT2D eigenvalue weighted by atomic mass is 10.2. The van der Waals surface area contributed by atoms with Crippen LogP contribution >= 0.6 is 11.8 Å². The molecule has 2 nitrogen and oxygen atoms in total. The molecule has 1 aliphatic heterocycles. The van der Waals surface area contributed by atoms with E-state index in [9.17, 15) is 0 Å². The average Bonchev–Trinajstić information content (AvgIpc) is 2.30. The highest BCUT2D eigenvalue weighted by Gasteiger charge is 2.13. The van der Waals surface area contributed by atoms with Gasteiger partial charge in [0.2, 0.25) is 0 Å². The molecule has 0 fully saturated rings. The summed E-state index contributed by atoms with van der Waals surface area (Å²) in [5.74, 6) is 0.965. The maximum Gasteiger partial charge on any atom is 0.101 e. The summed E-state index contributed by atoms with van der Waals surface area (Å²) >= 11 is 1.77. The zero-order valence-corrected chi connectivity index (χ0v) is 9.05. The number of nitrogens with one attached hydrogen (secondary N) is 1. The van der Waals surface area contributed by atoms with Crippen LogP contribution < -0.4 is 5.32 Å². The van der Waals surface area contributed by atoms with Gasteiger partial charge in [0.15, 0.2) is 0 Å². The summed E-state index contributed by atoms with van der Waals surface area (Å²) in [7, 11) is 0. The highest BCUT2D eigenvalue weighted by molar-refractivity contribution is 8.14. The third-order valence-electron chi connectivity index (χ3n) is 2.21. The SMILES string of the molecule is CCC1N=C(c2ccccc2)SCN1. The zero-order chi connectivity index (χ0) is 9.80.